The van der Waals surface area contributed by atoms with Crippen molar-refractivity contribution in [1.82, 2.24) is 29.4 Å². The standard InChI is InChI=1S/C14H15NO3.C12H20N2O3.C10H13NO5.C10H15NO3.C9H13NO4.C9H13NO3/c1-9-8-12(17)15(14(9)18)13(10(2)16)11-6-4-3-5-7-11;1-8-7-11(16)14(12(8)17)10(9(2)15)5-3-4-6-13;1-5-3-8(13)11(9(5)14)7(10(15)16)4-6(2)12;1-6-5-8(13)11(9(6)14)10(3,4)7(2)12;1-6-5-8(12)10(9(6)13)3-4-14-7(2)11;1-5-4-8(12)10(9(5)13)6(2)7(3)11/h3-7,9,13H,8H2,1-2H3;8,10H,3-7,13H2,1-2H3;5,7H,3-4H2,1-2H3,(H,15,16);6H,5H2,1-4H3;6H,3-5H2,1-2H3;5-6H,4H2,1-3H3/t9?,13-;8?,10-;;;;5?,6-/m10...0/s1. The fourth-order valence-electron chi connectivity index (χ4n) is 10.4. The number of aliphatic carboxylic acids is 1. The van der Waals surface area contributed by atoms with Crippen LogP contribution in [0.25, 0.3) is 0 Å². The first-order valence-electron chi connectivity index (χ1n) is 30.4. The number of nitrogens with two attached hydrogens (primary N) is 1. The summed E-state index contributed by atoms with van der Waals surface area (Å²) in [7, 11) is 0. The topological polar surface area (TPSA) is 399 Å². The van der Waals surface area contributed by atoms with E-state index in [-0.39, 0.29) is 176 Å². The Balaban J connectivity index is 0.000000377. The van der Waals surface area contributed by atoms with Crippen LogP contribution in [0.2, 0.25) is 0 Å². The number of nitrogens with zero attached hydrogens (tertiary/aromatic N) is 6. The third-order valence-electron chi connectivity index (χ3n) is 16.0. The fraction of sp³-hybridized carbons (Fsp3) is 0.609. The van der Waals surface area contributed by atoms with Crippen molar-refractivity contribution >= 4 is 112 Å². The molecule has 0 radical (unpaired) electrons. The molecular formula is C64H89N7O21. The summed E-state index contributed by atoms with van der Waals surface area (Å²) in [6.07, 6.45) is 2.89. The van der Waals surface area contributed by atoms with Gasteiger partial charge in [0, 0.05) is 87.4 Å². The van der Waals surface area contributed by atoms with Gasteiger partial charge in [0.05, 0.1) is 18.6 Å². The third-order valence-corrected chi connectivity index (χ3v) is 16.0. The highest BCUT2D eigenvalue weighted by Crippen LogP contribution is 2.32. The molecule has 6 aliphatic rings. The number of Topliss-reactive ketones (excluding diaryl/α,β-unsaturated/α-hetero) is 5. The molecule has 0 saturated carbocycles. The number of ketones is 5. The summed E-state index contributed by atoms with van der Waals surface area (Å²) in [5.41, 5.74) is 5.07. The SMILES string of the molecule is CC(=O)C(C)(C)N1C(=O)CC(C)C1=O.CC(=O)CC(C(=O)O)N1C(=O)CC(C)C1=O.CC(=O)OCCN1C(=O)CC(C)C1=O.CC(=O)[C@H](C)N1C(=O)CC(C)C1=O.CC(=O)[C@H](CCCCN)N1C(=O)CC(C)C1=O.CC(=O)[C@H](c1ccccc1)N1C(=O)CC(C)C1=O. The van der Waals surface area contributed by atoms with E-state index in [2.05, 4.69) is 4.74 Å². The monoisotopic (exact) mass is 1290 g/mol. The van der Waals surface area contributed by atoms with Gasteiger partial charge in [-0.25, -0.2) is 4.79 Å². The molecule has 6 heterocycles. The largest absolute Gasteiger partial charge is 0.480 e. The van der Waals surface area contributed by atoms with Crippen molar-refractivity contribution < 1.29 is 101 Å². The fourth-order valence-corrected chi connectivity index (χ4v) is 10.4. The Kier molecular flexibility index (Phi) is 30.4. The Morgan fingerprint density at radius 2 is 0.924 bits per heavy atom. The molecule has 6 aliphatic heterocycles. The van der Waals surface area contributed by atoms with E-state index < -0.39 is 59.4 Å². The van der Waals surface area contributed by atoms with Crippen LogP contribution in [0.3, 0.4) is 0 Å². The van der Waals surface area contributed by atoms with Gasteiger partial charge in [-0.2, -0.15) is 0 Å². The second-order valence-electron chi connectivity index (χ2n) is 24.3. The summed E-state index contributed by atoms with van der Waals surface area (Å²) in [5, 5.41) is 8.91. The molecule has 6 fully saturated rings. The Morgan fingerprint density at radius 3 is 1.25 bits per heavy atom. The molecule has 10 atom stereocenters. The van der Waals surface area contributed by atoms with Gasteiger partial charge in [0.1, 0.15) is 30.0 Å². The highest BCUT2D eigenvalue weighted by molar-refractivity contribution is 6.10. The zero-order valence-corrected chi connectivity index (χ0v) is 55.2. The van der Waals surface area contributed by atoms with Crippen LogP contribution in [0.4, 0.5) is 0 Å². The Labute approximate surface area is 534 Å². The lowest BCUT2D eigenvalue weighted by molar-refractivity contribution is -0.155. The number of carboxylic acids is 1. The maximum atomic E-state index is 12.0. The molecule has 1 aromatic carbocycles. The van der Waals surface area contributed by atoms with Crippen LogP contribution in [-0.4, -0.2) is 190 Å². The molecule has 7 unspecified atom stereocenters. The molecule has 6 saturated heterocycles. The molecule has 1 aromatic rings. The average Bonchev–Trinajstić information content (AvgIpc) is 1.64. The van der Waals surface area contributed by atoms with Crippen LogP contribution in [0.15, 0.2) is 30.3 Å². The zero-order valence-electron chi connectivity index (χ0n) is 55.2. The molecule has 0 bridgehead atoms. The van der Waals surface area contributed by atoms with Crippen LogP contribution in [0, 0.1) is 35.5 Å². The minimum Gasteiger partial charge on any atom is -0.480 e. The number of imide groups is 6. The first kappa shape index (κ1) is 79.4. The molecule has 92 heavy (non-hydrogen) atoms. The number of esters is 1. The van der Waals surface area contributed by atoms with Crippen molar-refractivity contribution in [2.24, 2.45) is 41.2 Å². The first-order chi connectivity index (χ1) is 42.6. The first-order valence-corrected chi connectivity index (χ1v) is 30.4. The van der Waals surface area contributed by atoms with Crippen molar-refractivity contribution in [1.29, 1.82) is 0 Å². The van der Waals surface area contributed by atoms with Crippen molar-refractivity contribution in [3.8, 4) is 0 Å². The summed E-state index contributed by atoms with van der Waals surface area (Å²) < 4.78 is 4.65. The van der Waals surface area contributed by atoms with Gasteiger partial charge in [-0.15, -0.1) is 0 Å². The summed E-state index contributed by atoms with van der Waals surface area (Å²) in [6.45, 7) is 23.8. The van der Waals surface area contributed by atoms with E-state index in [1.165, 1.54) is 41.5 Å². The maximum Gasteiger partial charge on any atom is 0.327 e. The van der Waals surface area contributed by atoms with Gasteiger partial charge >= 0.3 is 11.9 Å². The number of likely N-dealkylation sites (tertiary alicyclic amines) is 6. The number of ether oxygens (including phenoxy) is 1. The van der Waals surface area contributed by atoms with Gasteiger partial charge in [0.2, 0.25) is 70.9 Å². The highest BCUT2D eigenvalue weighted by atomic mass is 16.5. The van der Waals surface area contributed by atoms with E-state index in [0.717, 1.165) is 37.3 Å². The van der Waals surface area contributed by atoms with Crippen molar-refractivity contribution in [3.05, 3.63) is 35.9 Å². The number of carboxylic acid groups (broad SMARTS) is 1. The number of carbonyl (C=O) groups is 19. The second kappa shape index (κ2) is 35.2. The maximum absolute atomic E-state index is 12.0. The molecule has 28 heteroatoms. The van der Waals surface area contributed by atoms with Crippen LogP contribution in [0.1, 0.15) is 180 Å². The lowest BCUT2D eigenvalue weighted by Gasteiger charge is -2.31. The summed E-state index contributed by atoms with van der Waals surface area (Å²) in [6, 6.07) is 5.59. The molecule has 3 N–H and O–H groups in total. The number of unbranched alkanes of at least 4 members (excludes halogenated alkanes) is 1. The molecule has 0 aliphatic carbocycles. The van der Waals surface area contributed by atoms with Gasteiger partial charge in [-0.05, 0) is 86.8 Å². The lowest BCUT2D eigenvalue weighted by atomic mass is 9.98. The zero-order chi connectivity index (χ0) is 70.7. The van der Waals surface area contributed by atoms with E-state index in [9.17, 15) is 91.1 Å². The smallest absolute Gasteiger partial charge is 0.327 e. The molecule has 0 aromatic heterocycles. The molecule has 7 rings (SSSR count). The number of rotatable bonds is 20. The minimum absolute atomic E-state index is 0.0144. The van der Waals surface area contributed by atoms with E-state index in [0.29, 0.717) is 23.4 Å². The van der Waals surface area contributed by atoms with Crippen molar-refractivity contribution in [2.75, 3.05) is 19.7 Å². The minimum atomic E-state index is -1.36. The lowest BCUT2D eigenvalue weighted by Crippen LogP contribution is -2.52. The Morgan fingerprint density at radius 1 is 0.522 bits per heavy atom. The number of amides is 12. The van der Waals surface area contributed by atoms with Crippen LogP contribution in [0.5, 0.6) is 0 Å². The predicted molar refractivity (Wildman–Crippen MR) is 324 cm³/mol. The molecule has 12 amide bonds. The van der Waals surface area contributed by atoms with Crippen LogP contribution >= 0.6 is 0 Å². The molecule has 506 valence electrons. The van der Waals surface area contributed by atoms with Gasteiger partial charge in [0.15, 0.2) is 23.1 Å². The van der Waals surface area contributed by atoms with E-state index in [4.69, 9.17) is 10.8 Å². The highest BCUT2D eigenvalue weighted by Gasteiger charge is 2.48. The summed E-state index contributed by atoms with van der Waals surface area (Å²) in [4.78, 5) is 223. The Bertz CT molecular complexity index is 3070. The van der Waals surface area contributed by atoms with E-state index in [1.807, 2.05) is 6.07 Å². The molecule has 0 spiro atoms. The van der Waals surface area contributed by atoms with Crippen molar-refractivity contribution in [2.45, 2.75) is 198 Å². The molecule has 28 nitrogen and oxygen atoms in total. The predicted octanol–water partition coefficient (Wildman–Crippen LogP) is 3.05. The quantitative estimate of drug-likeness (QED) is 0.108. The van der Waals surface area contributed by atoms with Gasteiger partial charge < -0.3 is 15.6 Å². The third kappa shape index (κ3) is 20.9. The number of benzene rings is 1. The number of hydrogen-bond donors (Lipinski definition) is 2. The van der Waals surface area contributed by atoms with E-state index >= 15 is 0 Å². The van der Waals surface area contributed by atoms with E-state index in [1.54, 1.807) is 86.6 Å². The van der Waals surface area contributed by atoms with Gasteiger partial charge in [-0.1, -0.05) is 71.9 Å². The normalized spacial score (nSPS) is 22.5. The van der Waals surface area contributed by atoms with Gasteiger partial charge in [0.25, 0.3) is 0 Å². The number of hydrogen-bond acceptors (Lipinski definition) is 21. The number of carbonyl (C=O) groups excluding carboxylic acids is 18. The summed E-state index contributed by atoms with van der Waals surface area (Å²) in [5.74, 6) is -8.00. The second-order valence-corrected chi connectivity index (χ2v) is 24.3. The average molecular weight is 1290 g/mol. The Hall–Kier alpha value is -8.69. The molecular weight excluding hydrogens is 1200 g/mol. The van der Waals surface area contributed by atoms with Gasteiger partial charge in [-0.3, -0.25) is 116 Å². The van der Waals surface area contributed by atoms with Crippen molar-refractivity contribution in [3.63, 3.8) is 0 Å². The summed E-state index contributed by atoms with van der Waals surface area (Å²) >= 11 is 0. The van der Waals surface area contributed by atoms with Crippen LogP contribution < -0.4 is 5.73 Å². The van der Waals surface area contributed by atoms with Crippen LogP contribution in [-0.2, 0) is 95.8 Å².